The highest BCUT2D eigenvalue weighted by Gasteiger charge is 2.24. The van der Waals surface area contributed by atoms with Gasteiger partial charge < -0.3 is 10.6 Å². The van der Waals surface area contributed by atoms with Crippen LogP contribution < -0.4 is 10.6 Å². The van der Waals surface area contributed by atoms with Crippen LogP contribution in [0, 0.1) is 0 Å². The average Bonchev–Trinajstić information content (AvgIpc) is 2.30. The minimum atomic E-state index is -2.89. The Morgan fingerprint density at radius 1 is 1.41 bits per heavy atom. The van der Waals surface area contributed by atoms with Crippen LogP contribution in [0.5, 0.6) is 0 Å². The van der Waals surface area contributed by atoms with Crippen molar-refractivity contribution in [3.05, 3.63) is 22.8 Å². The second-order valence-electron chi connectivity index (χ2n) is 3.95. The van der Waals surface area contributed by atoms with Crippen LogP contribution in [-0.2, 0) is 16.4 Å². The third kappa shape index (κ3) is 2.70. The quantitative estimate of drug-likeness (QED) is 0.847. The first-order valence-electron chi connectivity index (χ1n) is 5.32. The molecule has 1 fully saturated rings. The molecule has 0 aliphatic carbocycles. The van der Waals surface area contributed by atoms with E-state index in [0.717, 1.165) is 5.56 Å². The van der Waals surface area contributed by atoms with E-state index in [1.165, 1.54) is 0 Å². The van der Waals surface area contributed by atoms with Gasteiger partial charge in [-0.05, 0) is 11.6 Å². The first-order valence-corrected chi connectivity index (χ1v) is 7.52. The molecule has 5 nitrogen and oxygen atoms in total. The fraction of sp³-hybridized carbons (Fsp3) is 0.500. The van der Waals surface area contributed by atoms with Crippen molar-refractivity contribution in [2.24, 2.45) is 5.73 Å². The lowest BCUT2D eigenvalue weighted by atomic mass is 10.2. The Morgan fingerprint density at radius 3 is 2.65 bits per heavy atom. The molecular weight excluding hydrogens is 262 g/mol. The molecule has 1 aromatic heterocycles. The number of hydrogen-bond donors (Lipinski definition) is 1. The standard InChI is InChI=1S/C10H14ClN3O2S/c11-9-8(7-12)1-2-13-10(9)14-3-5-17(15,16)6-4-14/h1-2H,3-7,12H2. The average molecular weight is 276 g/mol. The number of pyridine rings is 1. The highest BCUT2D eigenvalue weighted by Crippen LogP contribution is 2.27. The van der Waals surface area contributed by atoms with Crippen molar-refractivity contribution >= 4 is 27.3 Å². The van der Waals surface area contributed by atoms with Gasteiger partial charge in [0.15, 0.2) is 9.84 Å². The summed E-state index contributed by atoms with van der Waals surface area (Å²) in [5.41, 5.74) is 6.39. The van der Waals surface area contributed by atoms with Gasteiger partial charge >= 0.3 is 0 Å². The SMILES string of the molecule is NCc1ccnc(N2CCS(=O)(=O)CC2)c1Cl. The highest BCUT2D eigenvalue weighted by atomic mass is 35.5. The molecule has 17 heavy (non-hydrogen) atoms. The third-order valence-corrected chi connectivity index (χ3v) is 4.84. The molecule has 0 bridgehead atoms. The Kier molecular flexibility index (Phi) is 3.56. The van der Waals surface area contributed by atoms with Crippen molar-refractivity contribution in [3.8, 4) is 0 Å². The lowest BCUT2D eigenvalue weighted by Gasteiger charge is -2.28. The van der Waals surface area contributed by atoms with Crippen molar-refractivity contribution in [2.75, 3.05) is 29.5 Å². The predicted octanol–water partition coefficient (Wildman–Crippen LogP) is 0.429. The maximum Gasteiger partial charge on any atom is 0.153 e. The van der Waals surface area contributed by atoms with Crippen molar-refractivity contribution < 1.29 is 8.42 Å². The van der Waals surface area contributed by atoms with Crippen LogP contribution in [0.15, 0.2) is 12.3 Å². The molecule has 0 amide bonds. The number of sulfone groups is 1. The fourth-order valence-electron chi connectivity index (χ4n) is 1.77. The Morgan fingerprint density at radius 2 is 2.06 bits per heavy atom. The molecule has 1 aliphatic rings. The number of halogens is 1. The van der Waals surface area contributed by atoms with Crippen LogP contribution in [0.25, 0.3) is 0 Å². The third-order valence-electron chi connectivity index (χ3n) is 2.81. The summed E-state index contributed by atoms with van der Waals surface area (Å²) in [5.74, 6) is 0.930. The maximum atomic E-state index is 11.3. The fourth-order valence-corrected chi connectivity index (χ4v) is 3.28. The number of rotatable bonds is 2. The summed E-state index contributed by atoms with van der Waals surface area (Å²) in [6.07, 6.45) is 1.65. The van der Waals surface area contributed by atoms with Crippen LogP contribution in [0.1, 0.15) is 5.56 Å². The summed E-state index contributed by atoms with van der Waals surface area (Å²) >= 11 is 6.18. The smallest absolute Gasteiger partial charge is 0.153 e. The van der Waals surface area contributed by atoms with Crippen LogP contribution in [0.2, 0.25) is 5.02 Å². The van der Waals surface area contributed by atoms with Gasteiger partial charge in [-0.3, -0.25) is 0 Å². The molecule has 0 spiro atoms. The molecule has 94 valence electrons. The van der Waals surface area contributed by atoms with Gasteiger partial charge in [0, 0.05) is 25.8 Å². The largest absolute Gasteiger partial charge is 0.353 e. The van der Waals surface area contributed by atoms with Gasteiger partial charge in [0.2, 0.25) is 0 Å². The number of nitrogens with zero attached hydrogens (tertiary/aromatic N) is 2. The van der Waals surface area contributed by atoms with Crippen molar-refractivity contribution in [3.63, 3.8) is 0 Å². The summed E-state index contributed by atoms with van der Waals surface area (Å²) in [6, 6.07) is 1.77. The molecular formula is C10H14ClN3O2S. The first kappa shape index (κ1) is 12.6. The summed E-state index contributed by atoms with van der Waals surface area (Å²) in [5, 5.41) is 0.522. The van der Waals surface area contributed by atoms with Crippen molar-refractivity contribution in [1.29, 1.82) is 0 Å². The number of anilines is 1. The molecule has 0 atom stereocenters. The molecule has 2 heterocycles. The summed E-state index contributed by atoms with van der Waals surface area (Å²) < 4.78 is 22.7. The summed E-state index contributed by atoms with van der Waals surface area (Å²) in [4.78, 5) is 6.09. The second-order valence-corrected chi connectivity index (χ2v) is 6.63. The van der Waals surface area contributed by atoms with Gasteiger partial charge in [-0.25, -0.2) is 13.4 Å². The van der Waals surface area contributed by atoms with E-state index in [9.17, 15) is 8.42 Å². The van der Waals surface area contributed by atoms with Crippen LogP contribution in [0.4, 0.5) is 5.82 Å². The minimum absolute atomic E-state index is 0.151. The van der Waals surface area contributed by atoms with E-state index >= 15 is 0 Å². The Hall–Kier alpha value is -0.850. The normalized spacial score (nSPS) is 19.3. The van der Waals surface area contributed by atoms with Crippen LogP contribution in [-0.4, -0.2) is 38.0 Å². The zero-order valence-electron chi connectivity index (χ0n) is 9.26. The van der Waals surface area contributed by atoms with Gasteiger partial charge in [-0.1, -0.05) is 11.6 Å². The molecule has 0 aromatic carbocycles. The Bertz CT molecular complexity index is 504. The summed E-state index contributed by atoms with van der Waals surface area (Å²) in [6.45, 7) is 1.21. The van der Waals surface area contributed by atoms with Gasteiger partial charge in [-0.2, -0.15) is 0 Å². The Labute approximate surface area is 105 Å². The molecule has 0 radical (unpaired) electrons. The van der Waals surface area contributed by atoms with Crippen molar-refractivity contribution in [1.82, 2.24) is 4.98 Å². The highest BCUT2D eigenvalue weighted by molar-refractivity contribution is 7.91. The first-order chi connectivity index (χ1) is 8.03. The molecule has 1 saturated heterocycles. The van der Waals surface area contributed by atoms with E-state index in [2.05, 4.69) is 4.98 Å². The molecule has 2 N–H and O–H groups in total. The summed E-state index contributed by atoms with van der Waals surface area (Å²) in [7, 11) is -2.89. The van der Waals surface area contributed by atoms with Gasteiger partial charge in [0.25, 0.3) is 0 Å². The maximum absolute atomic E-state index is 11.3. The number of hydrogen-bond acceptors (Lipinski definition) is 5. The van der Waals surface area contributed by atoms with E-state index in [1.54, 1.807) is 12.3 Å². The van der Waals surface area contributed by atoms with E-state index < -0.39 is 9.84 Å². The lowest BCUT2D eigenvalue weighted by Crippen LogP contribution is -2.40. The second kappa shape index (κ2) is 4.80. The van der Waals surface area contributed by atoms with Crippen molar-refractivity contribution in [2.45, 2.75) is 6.54 Å². The van der Waals surface area contributed by atoms with Gasteiger partial charge in [-0.15, -0.1) is 0 Å². The molecule has 0 unspecified atom stereocenters. The zero-order valence-corrected chi connectivity index (χ0v) is 10.8. The zero-order chi connectivity index (χ0) is 12.5. The number of nitrogens with two attached hydrogens (primary N) is 1. The van der Waals surface area contributed by atoms with Gasteiger partial charge in [0.05, 0.1) is 16.5 Å². The lowest BCUT2D eigenvalue weighted by molar-refractivity contribution is 0.586. The van der Waals surface area contributed by atoms with E-state index in [0.29, 0.717) is 30.5 Å². The molecule has 1 aliphatic heterocycles. The topological polar surface area (TPSA) is 76.3 Å². The van der Waals surface area contributed by atoms with Crippen LogP contribution in [0.3, 0.4) is 0 Å². The van der Waals surface area contributed by atoms with Gasteiger partial charge in [0.1, 0.15) is 5.82 Å². The predicted molar refractivity (Wildman–Crippen MR) is 68.0 cm³/mol. The van der Waals surface area contributed by atoms with E-state index in [1.807, 2.05) is 4.90 Å². The number of aromatic nitrogens is 1. The monoisotopic (exact) mass is 275 g/mol. The Balaban J connectivity index is 2.24. The molecule has 1 aromatic rings. The van der Waals surface area contributed by atoms with E-state index in [-0.39, 0.29) is 11.5 Å². The molecule has 2 rings (SSSR count). The van der Waals surface area contributed by atoms with E-state index in [4.69, 9.17) is 17.3 Å². The molecule has 7 heteroatoms. The van der Waals surface area contributed by atoms with Crippen LogP contribution >= 0.6 is 11.6 Å². The molecule has 0 saturated carbocycles. The minimum Gasteiger partial charge on any atom is -0.353 e.